The van der Waals surface area contributed by atoms with Crippen LogP contribution in [0.4, 0.5) is 0 Å². The van der Waals surface area contributed by atoms with Gasteiger partial charge in [-0.2, -0.15) is 0 Å². The Balaban J connectivity index is 1.89. The molecule has 2 heterocycles. The largest absolute Gasteiger partial charge is 0.342 e. The number of nitrogens with one attached hydrogen (secondary N) is 1. The molecule has 3 aromatic rings. The zero-order valence-corrected chi connectivity index (χ0v) is 10.4. The SMILES string of the molecule is Cc1nc2ccc(C(=O)Cc3ncccn3)cc2[nH]1. The van der Waals surface area contributed by atoms with Gasteiger partial charge in [-0.05, 0) is 31.2 Å². The molecule has 0 saturated carbocycles. The molecule has 0 spiro atoms. The van der Waals surface area contributed by atoms with Crippen molar-refractivity contribution in [2.75, 3.05) is 0 Å². The molecule has 0 aliphatic carbocycles. The van der Waals surface area contributed by atoms with Gasteiger partial charge in [0.2, 0.25) is 0 Å². The number of benzene rings is 1. The molecule has 0 radical (unpaired) electrons. The minimum absolute atomic E-state index is 0.000327. The monoisotopic (exact) mass is 252 g/mol. The summed E-state index contributed by atoms with van der Waals surface area (Å²) in [6, 6.07) is 7.18. The number of hydrogen-bond donors (Lipinski definition) is 1. The summed E-state index contributed by atoms with van der Waals surface area (Å²) in [6.45, 7) is 1.89. The van der Waals surface area contributed by atoms with Crippen molar-refractivity contribution in [3.05, 3.63) is 53.9 Å². The lowest BCUT2D eigenvalue weighted by molar-refractivity contribution is 0.0991. The predicted octanol–water partition coefficient (Wildman–Crippen LogP) is 2.09. The average Bonchev–Trinajstić information content (AvgIpc) is 2.78. The number of H-pyrrole nitrogens is 1. The Morgan fingerprint density at radius 3 is 2.84 bits per heavy atom. The maximum Gasteiger partial charge on any atom is 0.170 e. The Morgan fingerprint density at radius 1 is 1.26 bits per heavy atom. The molecule has 2 aromatic heterocycles. The molecule has 5 heteroatoms. The number of hydrogen-bond acceptors (Lipinski definition) is 4. The molecule has 19 heavy (non-hydrogen) atoms. The molecule has 5 nitrogen and oxygen atoms in total. The summed E-state index contributed by atoms with van der Waals surface area (Å²) in [6.07, 6.45) is 3.48. The van der Waals surface area contributed by atoms with Crippen LogP contribution in [0.25, 0.3) is 11.0 Å². The lowest BCUT2D eigenvalue weighted by Crippen LogP contribution is -2.06. The van der Waals surface area contributed by atoms with Crippen molar-refractivity contribution in [1.82, 2.24) is 19.9 Å². The molecule has 0 saturated heterocycles. The van der Waals surface area contributed by atoms with Crippen molar-refractivity contribution in [3.8, 4) is 0 Å². The van der Waals surface area contributed by atoms with Crippen molar-refractivity contribution in [1.29, 1.82) is 0 Å². The second kappa shape index (κ2) is 4.61. The molecule has 0 aliphatic heterocycles. The quantitative estimate of drug-likeness (QED) is 0.724. The summed E-state index contributed by atoms with van der Waals surface area (Å²) >= 11 is 0. The number of carbonyl (C=O) groups excluding carboxylic acids is 1. The van der Waals surface area contributed by atoms with Gasteiger partial charge in [-0.15, -0.1) is 0 Å². The highest BCUT2D eigenvalue weighted by molar-refractivity contribution is 5.99. The third-order valence-corrected chi connectivity index (χ3v) is 2.86. The van der Waals surface area contributed by atoms with Crippen LogP contribution in [0.2, 0.25) is 0 Å². The van der Waals surface area contributed by atoms with Crippen molar-refractivity contribution < 1.29 is 4.79 Å². The summed E-state index contributed by atoms with van der Waals surface area (Å²) in [4.78, 5) is 27.7. The zero-order chi connectivity index (χ0) is 13.2. The van der Waals surface area contributed by atoms with E-state index in [2.05, 4.69) is 19.9 Å². The molecular weight excluding hydrogens is 240 g/mol. The van der Waals surface area contributed by atoms with Gasteiger partial charge in [-0.3, -0.25) is 4.79 Å². The number of imidazole rings is 1. The summed E-state index contributed by atoms with van der Waals surface area (Å²) in [7, 11) is 0. The van der Waals surface area contributed by atoms with E-state index in [0.29, 0.717) is 11.4 Å². The molecule has 94 valence electrons. The number of carbonyl (C=O) groups is 1. The molecule has 0 unspecified atom stereocenters. The standard InChI is InChI=1S/C14H12N4O/c1-9-17-11-4-3-10(7-12(11)18-9)13(19)8-14-15-5-2-6-16-14/h2-7H,8H2,1H3,(H,17,18). The molecule has 0 bridgehead atoms. The normalized spacial score (nSPS) is 10.8. The van der Waals surface area contributed by atoms with E-state index in [-0.39, 0.29) is 12.2 Å². The lowest BCUT2D eigenvalue weighted by atomic mass is 10.1. The first kappa shape index (κ1) is 11.5. The Hall–Kier alpha value is -2.56. The zero-order valence-electron chi connectivity index (χ0n) is 10.4. The Kier molecular flexibility index (Phi) is 2.79. The van der Waals surface area contributed by atoms with E-state index in [4.69, 9.17) is 0 Å². The van der Waals surface area contributed by atoms with Crippen LogP contribution in [-0.2, 0) is 6.42 Å². The van der Waals surface area contributed by atoms with E-state index in [1.54, 1.807) is 24.5 Å². The third-order valence-electron chi connectivity index (χ3n) is 2.86. The maximum atomic E-state index is 12.2. The number of rotatable bonds is 3. The molecule has 0 fully saturated rings. The molecular formula is C14H12N4O. The van der Waals surface area contributed by atoms with Crippen LogP contribution in [0.3, 0.4) is 0 Å². The Labute approximate surface area is 109 Å². The van der Waals surface area contributed by atoms with Crippen LogP contribution in [0, 0.1) is 6.92 Å². The van der Waals surface area contributed by atoms with Gasteiger partial charge in [0.25, 0.3) is 0 Å². The van der Waals surface area contributed by atoms with Gasteiger partial charge < -0.3 is 4.98 Å². The highest BCUT2D eigenvalue weighted by Gasteiger charge is 2.10. The van der Waals surface area contributed by atoms with E-state index >= 15 is 0 Å². The summed E-state index contributed by atoms with van der Waals surface area (Å²) in [5, 5.41) is 0. The fourth-order valence-electron chi connectivity index (χ4n) is 1.98. The van der Waals surface area contributed by atoms with Gasteiger partial charge in [-0.25, -0.2) is 15.0 Å². The van der Waals surface area contributed by atoms with Crippen molar-refractivity contribution in [2.45, 2.75) is 13.3 Å². The second-order valence-electron chi connectivity index (χ2n) is 4.32. The van der Waals surface area contributed by atoms with Crippen LogP contribution in [0.5, 0.6) is 0 Å². The number of fused-ring (bicyclic) bond motifs is 1. The number of aryl methyl sites for hydroxylation is 1. The van der Waals surface area contributed by atoms with E-state index < -0.39 is 0 Å². The summed E-state index contributed by atoms with van der Waals surface area (Å²) in [5.41, 5.74) is 2.38. The first-order chi connectivity index (χ1) is 9.22. The first-order valence-corrected chi connectivity index (χ1v) is 5.98. The van der Waals surface area contributed by atoms with Crippen LogP contribution in [0.1, 0.15) is 22.0 Å². The molecule has 0 atom stereocenters. The van der Waals surface area contributed by atoms with Gasteiger partial charge in [0, 0.05) is 18.0 Å². The highest BCUT2D eigenvalue weighted by Crippen LogP contribution is 2.14. The van der Waals surface area contributed by atoms with Crippen molar-refractivity contribution in [3.63, 3.8) is 0 Å². The topological polar surface area (TPSA) is 71.5 Å². The predicted molar refractivity (Wildman–Crippen MR) is 70.9 cm³/mol. The number of ketones is 1. The lowest BCUT2D eigenvalue weighted by Gasteiger charge is -2.00. The van der Waals surface area contributed by atoms with Crippen LogP contribution < -0.4 is 0 Å². The fourth-order valence-corrected chi connectivity index (χ4v) is 1.98. The van der Waals surface area contributed by atoms with E-state index in [1.165, 1.54) is 0 Å². The van der Waals surface area contributed by atoms with Crippen molar-refractivity contribution >= 4 is 16.8 Å². The van der Waals surface area contributed by atoms with E-state index in [9.17, 15) is 4.79 Å². The van der Waals surface area contributed by atoms with Gasteiger partial charge in [0.1, 0.15) is 11.6 Å². The maximum absolute atomic E-state index is 12.2. The molecule has 0 amide bonds. The van der Waals surface area contributed by atoms with Gasteiger partial charge in [0.05, 0.1) is 17.5 Å². The van der Waals surface area contributed by atoms with Gasteiger partial charge >= 0.3 is 0 Å². The fraction of sp³-hybridized carbons (Fsp3) is 0.143. The Bertz CT molecular complexity index is 734. The van der Waals surface area contributed by atoms with Crippen LogP contribution in [0.15, 0.2) is 36.7 Å². The van der Waals surface area contributed by atoms with Gasteiger partial charge in [0.15, 0.2) is 5.78 Å². The molecule has 1 aromatic carbocycles. The number of Topliss-reactive ketones (excluding diaryl/α,β-unsaturated/α-hetero) is 1. The third kappa shape index (κ3) is 2.35. The van der Waals surface area contributed by atoms with E-state index in [0.717, 1.165) is 16.9 Å². The minimum atomic E-state index is 0.000327. The van der Waals surface area contributed by atoms with Crippen LogP contribution >= 0.6 is 0 Å². The average molecular weight is 252 g/mol. The minimum Gasteiger partial charge on any atom is -0.342 e. The summed E-state index contributed by atoms with van der Waals surface area (Å²) < 4.78 is 0. The highest BCUT2D eigenvalue weighted by atomic mass is 16.1. The Morgan fingerprint density at radius 2 is 2.05 bits per heavy atom. The molecule has 0 aliphatic rings. The second-order valence-corrected chi connectivity index (χ2v) is 4.32. The molecule has 1 N–H and O–H groups in total. The number of nitrogens with zero attached hydrogens (tertiary/aromatic N) is 3. The number of aromatic nitrogens is 4. The van der Waals surface area contributed by atoms with Gasteiger partial charge in [-0.1, -0.05) is 0 Å². The summed E-state index contributed by atoms with van der Waals surface area (Å²) in [5.74, 6) is 1.37. The van der Waals surface area contributed by atoms with Crippen LogP contribution in [-0.4, -0.2) is 25.7 Å². The first-order valence-electron chi connectivity index (χ1n) is 5.98. The molecule has 3 rings (SSSR count). The smallest absolute Gasteiger partial charge is 0.170 e. The number of aromatic amines is 1. The van der Waals surface area contributed by atoms with E-state index in [1.807, 2.05) is 19.1 Å². The van der Waals surface area contributed by atoms with Crippen molar-refractivity contribution in [2.24, 2.45) is 0 Å².